The number of anilines is 3. The van der Waals surface area contributed by atoms with E-state index in [9.17, 15) is 0 Å². The Morgan fingerprint density at radius 2 is 1.92 bits per heavy atom. The summed E-state index contributed by atoms with van der Waals surface area (Å²) in [6, 6.07) is 13.5. The van der Waals surface area contributed by atoms with Crippen LogP contribution in [0, 0.1) is 0 Å². The second kappa shape index (κ2) is 7.10. The Kier molecular flexibility index (Phi) is 4.72. The minimum atomic E-state index is -0.0447. The molecule has 0 radical (unpaired) electrons. The van der Waals surface area contributed by atoms with Gasteiger partial charge in [-0.3, -0.25) is 4.90 Å². The summed E-state index contributed by atoms with van der Waals surface area (Å²) in [6.07, 6.45) is 1.66. The fourth-order valence-electron chi connectivity index (χ4n) is 2.29. The minimum Gasteiger partial charge on any atom is -0.468 e. The fourth-order valence-corrected chi connectivity index (χ4v) is 2.29. The van der Waals surface area contributed by atoms with Crippen LogP contribution in [0.4, 0.5) is 17.6 Å². The van der Waals surface area contributed by atoms with Gasteiger partial charge in [-0.1, -0.05) is 18.2 Å². The predicted octanol–water partition coefficient (Wildman–Crippen LogP) is 2.98. The lowest BCUT2D eigenvalue weighted by molar-refractivity contribution is 0.224. The molecule has 7 heteroatoms. The molecule has 0 fully saturated rings. The summed E-state index contributed by atoms with van der Waals surface area (Å²) in [7, 11) is 1.98. The molecule has 124 valence electrons. The number of benzene rings is 1. The van der Waals surface area contributed by atoms with Crippen molar-refractivity contribution in [3.05, 3.63) is 60.3 Å². The molecule has 0 saturated heterocycles. The third-order valence-electron chi connectivity index (χ3n) is 3.72. The monoisotopic (exact) mass is 324 g/mol. The molecule has 3 aromatic rings. The van der Waals surface area contributed by atoms with Gasteiger partial charge < -0.3 is 15.5 Å². The van der Waals surface area contributed by atoms with Crippen molar-refractivity contribution in [3.63, 3.8) is 0 Å². The lowest BCUT2D eigenvalue weighted by Crippen LogP contribution is -2.24. The molecule has 0 bridgehead atoms. The first-order valence-electron chi connectivity index (χ1n) is 7.68. The Morgan fingerprint density at radius 3 is 2.62 bits per heavy atom. The fraction of sp³-hybridized carbons (Fsp3) is 0.235. The van der Waals surface area contributed by atoms with Crippen LogP contribution in [0.15, 0.2) is 53.1 Å². The number of aromatic nitrogens is 3. The SMILES string of the molecule is CC(c1nc(N)nc(Nc2ccccc2)n1)N(C)Cc1ccco1. The summed E-state index contributed by atoms with van der Waals surface area (Å²) >= 11 is 0. The molecule has 3 N–H and O–H groups in total. The molecule has 1 atom stereocenters. The van der Waals surface area contributed by atoms with E-state index in [2.05, 4.69) is 25.2 Å². The summed E-state index contributed by atoms with van der Waals surface area (Å²) in [5.41, 5.74) is 6.74. The third kappa shape index (κ3) is 3.88. The van der Waals surface area contributed by atoms with Gasteiger partial charge in [-0.2, -0.15) is 15.0 Å². The number of para-hydroxylation sites is 1. The first-order chi connectivity index (χ1) is 11.6. The van der Waals surface area contributed by atoms with Crippen molar-refractivity contribution in [2.24, 2.45) is 0 Å². The molecule has 0 aliphatic carbocycles. The van der Waals surface area contributed by atoms with E-state index in [0.717, 1.165) is 11.4 Å². The van der Waals surface area contributed by atoms with E-state index in [-0.39, 0.29) is 12.0 Å². The standard InChI is InChI=1S/C17H20N6O/c1-12(23(2)11-14-9-6-10-24-14)15-20-16(18)22-17(21-15)19-13-7-4-3-5-8-13/h3-10,12H,11H2,1-2H3,(H3,18,19,20,21,22). The number of furan rings is 1. The van der Waals surface area contributed by atoms with E-state index in [1.165, 1.54) is 0 Å². The van der Waals surface area contributed by atoms with Gasteiger partial charge >= 0.3 is 0 Å². The Labute approximate surface area is 140 Å². The van der Waals surface area contributed by atoms with Crippen molar-refractivity contribution in [2.75, 3.05) is 18.1 Å². The third-order valence-corrected chi connectivity index (χ3v) is 3.72. The van der Waals surface area contributed by atoms with Gasteiger partial charge in [0.25, 0.3) is 0 Å². The Bertz CT molecular complexity index is 775. The number of rotatable bonds is 6. The average Bonchev–Trinajstić information content (AvgIpc) is 3.07. The van der Waals surface area contributed by atoms with Crippen LogP contribution in [0.2, 0.25) is 0 Å². The molecule has 0 aliphatic rings. The van der Waals surface area contributed by atoms with Gasteiger partial charge in [-0.05, 0) is 38.2 Å². The maximum Gasteiger partial charge on any atom is 0.232 e. The zero-order valence-electron chi connectivity index (χ0n) is 13.7. The van der Waals surface area contributed by atoms with Gasteiger partial charge in [0, 0.05) is 5.69 Å². The number of nitrogens with two attached hydrogens (primary N) is 1. The maximum atomic E-state index is 5.85. The van der Waals surface area contributed by atoms with Crippen molar-refractivity contribution < 1.29 is 4.42 Å². The number of nitrogens with one attached hydrogen (secondary N) is 1. The zero-order chi connectivity index (χ0) is 16.9. The van der Waals surface area contributed by atoms with E-state index in [0.29, 0.717) is 18.3 Å². The topological polar surface area (TPSA) is 93.1 Å². The van der Waals surface area contributed by atoms with Crippen molar-refractivity contribution in [3.8, 4) is 0 Å². The van der Waals surface area contributed by atoms with Crippen molar-refractivity contribution in [1.29, 1.82) is 0 Å². The molecule has 2 heterocycles. The molecular weight excluding hydrogens is 304 g/mol. The highest BCUT2D eigenvalue weighted by Crippen LogP contribution is 2.20. The Balaban J connectivity index is 1.77. The van der Waals surface area contributed by atoms with Crippen LogP contribution in [0.3, 0.4) is 0 Å². The molecule has 0 amide bonds. The number of hydrogen-bond acceptors (Lipinski definition) is 7. The molecule has 7 nitrogen and oxygen atoms in total. The summed E-state index contributed by atoms with van der Waals surface area (Å²) in [4.78, 5) is 15.0. The highest BCUT2D eigenvalue weighted by atomic mass is 16.3. The van der Waals surface area contributed by atoms with Crippen LogP contribution in [-0.4, -0.2) is 26.9 Å². The smallest absolute Gasteiger partial charge is 0.232 e. The van der Waals surface area contributed by atoms with Gasteiger partial charge in [-0.15, -0.1) is 0 Å². The molecule has 3 rings (SSSR count). The van der Waals surface area contributed by atoms with Crippen LogP contribution in [-0.2, 0) is 6.54 Å². The maximum absolute atomic E-state index is 5.85. The van der Waals surface area contributed by atoms with Crippen LogP contribution in [0.25, 0.3) is 0 Å². The normalized spacial score (nSPS) is 12.3. The quantitative estimate of drug-likeness (QED) is 0.720. The van der Waals surface area contributed by atoms with Gasteiger partial charge in [0.1, 0.15) is 5.76 Å². The largest absolute Gasteiger partial charge is 0.468 e. The number of nitrogens with zero attached hydrogens (tertiary/aromatic N) is 4. The lowest BCUT2D eigenvalue weighted by Gasteiger charge is -2.22. The molecule has 24 heavy (non-hydrogen) atoms. The molecular formula is C17H20N6O. The molecule has 1 aromatic carbocycles. The van der Waals surface area contributed by atoms with E-state index in [1.54, 1.807) is 6.26 Å². The summed E-state index contributed by atoms with van der Waals surface area (Å²) < 4.78 is 5.38. The zero-order valence-corrected chi connectivity index (χ0v) is 13.7. The van der Waals surface area contributed by atoms with Crippen LogP contribution in [0.1, 0.15) is 24.6 Å². The van der Waals surface area contributed by atoms with E-state index in [1.807, 2.05) is 56.4 Å². The van der Waals surface area contributed by atoms with Crippen molar-refractivity contribution in [1.82, 2.24) is 19.9 Å². The predicted molar refractivity (Wildman–Crippen MR) is 92.6 cm³/mol. The highest BCUT2D eigenvalue weighted by Gasteiger charge is 2.18. The van der Waals surface area contributed by atoms with Crippen molar-refractivity contribution in [2.45, 2.75) is 19.5 Å². The van der Waals surface area contributed by atoms with E-state index >= 15 is 0 Å². The molecule has 1 unspecified atom stereocenters. The second-order valence-corrected chi connectivity index (χ2v) is 5.54. The minimum absolute atomic E-state index is 0.0447. The van der Waals surface area contributed by atoms with Gasteiger partial charge in [0.15, 0.2) is 5.82 Å². The lowest BCUT2D eigenvalue weighted by atomic mass is 10.2. The molecule has 0 spiro atoms. The molecule has 0 aliphatic heterocycles. The van der Waals surface area contributed by atoms with Gasteiger partial charge in [0.2, 0.25) is 11.9 Å². The second-order valence-electron chi connectivity index (χ2n) is 5.54. The number of hydrogen-bond donors (Lipinski definition) is 2. The molecule has 2 aromatic heterocycles. The summed E-state index contributed by atoms with van der Waals surface area (Å²) in [5, 5.41) is 3.15. The van der Waals surface area contributed by atoms with Crippen LogP contribution < -0.4 is 11.1 Å². The average molecular weight is 324 g/mol. The Hall–Kier alpha value is -2.93. The van der Waals surface area contributed by atoms with Crippen molar-refractivity contribution >= 4 is 17.6 Å². The highest BCUT2D eigenvalue weighted by molar-refractivity contribution is 5.53. The van der Waals surface area contributed by atoms with Gasteiger partial charge in [-0.25, -0.2) is 0 Å². The van der Waals surface area contributed by atoms with Crippen LogP contribution in [0.5, 0.6) is 0 Å². The van der Waals surface area contributed by atoms with E-state index in [4.69, 9.17) is 10.2 Å². The first-order valence-corrected chi connectivity index (χ1v) is 7.68. The summed E-state index contributed by atoms with van der Waals surface area (Å²) in [5.74, 6) is 2.11. The molecule has 0 saturated carbocycles. The first kappa shape index (κ1) is 15.9. The van der Waals surface area contributed by atoms with Crippen LogP contribution >= 0.6 is 0 Å². The Morgan fingerprint density at radius 1 is 1.12 bits per heavy atom. The van der Waals surface area contributed by atoms with E-state index < -0.39 is 0 Å². The van der Waals surface area contributed by atoms with Gasteiger partial charge in [0.05, 0.1) is 18.8 Å². The number of nitrogen functional groups attached to an aromatic ring is 1. The summed E-state index contributed by atoms with van der Waals surface area (Å²) in [6.45, 7) is 2.67.